The molecule has 0 aliphatic rings. The van der Waals surface area contributed by atoms with Crippen LogP contribution in [0.4, 0.5) is 5.69 Å². The molecule has 0 aliphatic heterocycles. The summed E-state index contributed by atoms with van der Waals surface area (Å²) >= 11 is 0. The molecule has 1 aromatic carbocycles. The quantitative estimate of drug-likeness (QED) is 0.413. The normalized spacial score (nSPS) is 9.38. The highest BCUT2D eigenvalue weighted by molar-refractivity contribution is 5.74. The van der Waals surface area contributed by atoms with Gasteiger partial charge in [-0.3, -0.25) is 5.43 Å². The van der Waals surface area contributed by atoms with Crippen LogP contribution in [0.5, 0.6) is 0 Å². The number of allylic oxidation sites excluding steroid dienone is 1. The highest BCUT2D eigenvalue weighted by Gasteiger charge is 2.08. The number of hydrazone groups is 1. The van der Waals surface area contributed by atoms with E-state index in [4.69, 9.17) is 15.1 Å². The third-order valence-electron chi connectivity index (χ3n) is 3.41. The number of nitrogens with one attached hydrogen (secondary N) is 1. The lowest BCUT2D eigenvalue weighted by molar-refractivity contribution is -0.0979. The molecule has 32 heavy (non-hydrogen) atoms. The highest BCUT2D eigenvalue weighted by Crippen LogP contribution is 2.12. The number of anilines is 1. The molecular formula is C23H36N6O3. The van der Waals surface area contributed by atoms with E-state index in [0.717, 1.165) is 16.8 Å². The third-order valence-corrected chi connectivity index (χ3v) is 3.41. The number of hydrogen-bond acceptors (Lipinski definition) is 8. The van der Waals surface area contributed by atoms with Crippen molar-refractivity contribution in [2.24, 2.45) is 23.6 Å². The molecule has 0 radical (unpaired) electrons. The molecule has 0 aliphatic carbocycles. The Kier molecular flexibility index (Phi) is 18.3. The van der Waals surface area contributed by atoms with Crippen molar-refractivity contribution in [3.05, 3.63) is 70.4 Å². The first-order valence-corrected chi connectivity index (χ1v) is 9.92. The standard InChI is InChI=1S/C11H13N3O2.C7H8N2.C3H8.CH5N.CH2O/c1-7(5-12)3-8-4-9-10(13-6-8)14(2)16-11(9)15;1-8-9-7-5-3-2-4-6-7;1-3-2;2*1-2/h4-6H,3,12H2,1-2H3;2-6,9H,1H2;3H2,1-2H3;2H2,1H3;1H2/b7-5+;;;;. The van der Waals surface area contributed by atoms with Crippen molar-refractivity contribution in [2.45, 2.75) is 33.6 Å². The first kappa shape index (κ1) is 30.5. The van der Waals surface area contributed by atoms with E-state index in [1.807, 2.05) is 44.0 Å². The number of fused-ring (bicyclic) bond motifs is 1. The van der Waals surface area contributed by atoms with Crippen LogP contribution >= 0.6 is 0 Å². The number of carbonyl (C=O) groups excluding carboxylic acids is 1. The Morgan fingerprint density at radius 2 is 1.81 bits per heavy atom. The lowest BCUT2D eigenvalue weighted by Gasteiger charge is -2.00. The largest absolute Gasteiger partial charge is 0.405 e. The van der Waals surface area contributed by atoms with E-state index >= 15 is 0 Å². The Balaban J connectivity index is 0. The monoisotopic (exact) mass is 444 g/mol. The zero-order chi connectivity index (χ0) is 24.9. The van der Waals surface area contributed by atoms with Crippen LogP contribution in [0.2, 0.25) is 0 Å². The molecular weight excluding hydrogens is 408 g/mol. The number of hydrogen-bond donors (Lipinski definition) is 3. The lowest BCUT2D eigenvalue weighted by atomic mass is 10.1. The fourth-order valence-electron chi connectivity index (χ4n) is 2.20. The molecule has 3 aromatic rings. The number of benzene rings is 1. The second kappa shape index (κ2) is 19.3. The minimum atomic E-state index is -0.360. The van der Waals surface area contributed by atoms with Crippen molar-refractivity contribution < 1.29 is 9.32 Å². The van der Waals surface area contributed by atoms with Gasteiger partial charge in [-0.05, 0) is 50.4 Å². The topological polar surface area (TPSA) is 142 Å². The average Bonchev–Trinajstić information content (AvgIpc) is 3.11. The van der Waals surface area contributed by atoms with E-state index in [9.17, 15) is 4.79 Å². The zero-order valence-corrected chi connectivity index (χ0v) is 19.7. The van der Waals surface area contributed by atoms with E-state index in [-0.39, 0.29) is 5.63 Å². The lowest BCUT2D eigenvalue weighted by Crippen LogP contribution is -1.95. The maximum atomic E-state index is 11.4. The van der Waals surface area contributed by atoms with E-state index in [0.29, 0.717) is 17.5 Å². The summed E-state index contributed by atoms with van der Waals surface area (Å²) in [4.78, 5) is 23.6. The van der Waals surface area contributed by atoms with Gasteiger partial charge in [0.05, 0.1) is 5.69 Å². The highest BCUT2D eigenvalue weighted by atomic mass is 16.5. The second-order valence-electron chi connectivity index (χ2n) is 6.12. The van der Waals surface area contributed by atoms with Crippen molar-refractivity contribution in [2.75, 3.05) is 12.5 Å². The number of nitrogens with two attached hydrogens (primary N) is 2. The number of pyridine rings is 1. The average molecular weight is 445 g/mol. The van der Waals surface area contributed by atoms with Crippen LogP contribution in [0.25, 0.3) is 11.0 Å². The van der Waals surface area contributed by atoms with Crippen LogP contribution in [0.1, 0.15) is 32.8 Å². The zero-order valence-electron chi connectivity index (χ0n) is 19.7. The molecule has 9 heteroatoms. The number of aryl methyl sites for hydroxylation is 1. The SMILES string of the molecule is C/C(=C\N)Cc1cnc2c(c1)c(=O)on2C.C=NNc1ccccc1.C=O.CCC.CN. The fraction of sp³-hybridized carbons (Fsp3) is 0.304. The summed E-state index contributed by atoms with van der Waals surface area (Å²) in [6.45, 7) is 11.5. The van der Waals surface area contributed by atoms with Gasteiger partial charge in [-0.2, -0.15) is 9.84 Å². The number of nitrogens with zero attached hydrogens (tertiary/aromatic N) is 3. The van der Waals surface area contributed by atoms with Crippen molar-refractivity contribution in [3.63, 3.8) is 0 Å². The molecule has 0 amide bonds. The number of para-hydroxylation sites is 1. The first-order valence-electron chi connectivity index (χ1n) is 9.92. The van der Waals surface area contributed by atoms with Crippen molar-refractivity contribution in [3.8, 4) is 0 Å². The molecule has 0 unspecified atom stereocenters. The molecule has 9 nitrogen and oxygen atoms in total. The molecule has 3 rings (SSSR count). The summed E-state index contributed by atoms with van der Waals surface area (Å²) in [5.41, 5.74) is 15.8. The van der Waals surface area contributed by atoms with Crippen LogP contribution in [0, 0.1) is 0 Å². The summed E-state index contributed by atoms with van der Waals surface area (Å²) in [7, 11) is 3.15. The van der Waals surface area contributed by atoms with Gasteiger partial charge in [-0.15, -0.1) is 0 Å². The van der Waals surface area contributed by atoms with Crippen LogP contribution in [-0.4, -0.2) is 30.3 Å². The Morgan fingerprint density at radius 3 is 2.31 bits per heavy atom. The van der Waals surface area contributed by atoms with Crippen LogP contribution in [0.15, 0.2) is 68.8 Å². The van der Waals surface area contributed by atoms with Gasteiger partial charge in [0.15, 0.2) is 5.65 Å². The Hall–Kier alpha value is -3.72. The maximum absolute atomic E-state index is 11.4. The van der Waals surface area contributed by atoms with Crippen LogP contribution in [0.3, 0.4) is 0 Å². The van der Waals surface area contributed by atoms with E-state index in [1.54, 1.807) is 25.5 Å². The predicted molar refractivity (Wildman–Crippen MR) is 134 cm³/mol. The van der Waals surface area contributed by atoms with Crippen LogP contribution < -0.4 is 22.5 Å². The van der Waals surface area contributed by atoms with Crippen molar-refractivity contribution >= 4 is 30.2 Å². The molecule has 2 heterocycles. The van der Waals surface area contributed by atoms with Crippen molar-refractivity contribution in [1.29, 1.82) is 0 Å². The van der Waals surface area contributed by atoms with Gasteiger partial charge in [-0.25, -0.2) is 9.78 Å². The third kappa shape index (κ3) is 11.5. The van der Waals surface area contributed by atoms with Gasteiger partial charge in [0.1, 0.15) is 12.2 Å². The van der Waals surface area contributed by atoms with E-state index in [1.165, 1.54) is 18.2 Å². The van der Waals surface area contributed by atoms with Gasteiger partial charge in [0.2, 0.25) is 0 Å². The summed E-state index contributed by atoms with van der Waals surface area (Å²) in [6, 6.07) is 11.5. The molecule has 0 atom stereocenters. The fourth-order valence-corrected chi connectivity index (χ4v) is 2.20. The molecule has 0 fully saturated rings. The molecule has 0 bridgehead atoms. The summed E-state index contributed by atoms with van der Waals surface area (Å²) in [6.07, 6.45) is 5.22. The minimum absolute atomic E-state index is 0.360. The minimum Gasteiger partial charge on any atom is -0.405 e. The molecule has 0 saturated heterocycles. The second-order valence-corrected chi connectivity index (χ2v) is 6.12. The van der Waals surface area contributed by atoms with Gasteiger partial charge in [-0.1, -0.05) is 44.0 Å². The summed E-state index contributed by atoms with van der Waals surface area (Å²) < 4.78 is 6.28. The number of aromatic nitrogens is 2. The summed E-state index contributed by atoms with van der Waals surface area (Å²) in [5, 5.41) is 4.01. The molecule has 0 spiro atoms. The van der Waals surface area contributed by atoms with Gasteiger partial charge < -0.3 is 20.8 Å². The molecule has 5 N–H and O–H groups in total. The Bertz CT molecular complexity index is 965. The van der Waals surface area contributed by atoms with Gasteiger partial charge in [0.25, 0.3) is 0 Å². The van der Waals surface area contributed by atoms with Gasteiger partial charge >= 0.3 is 5.63 Å². The molecule has 2 aromatic heterocycles. The number of rotatable bonds is 4. The van der Waals surface area contributed by atoms with E-state index in [2.05, 4.69) is 41.8 Å². The predicted octanol–water partition coefficient (Wildman–Crippen LogP) is 3.45. The maximum Gasteiger partial charge on any atom is 0.367 e. The first-order chi connectivity index (χ1) is 15.5. The van der Waals surface area contributed by atoms with Gasteiger partial charge in [0, 0.05) is 20.0 Å². The summed E-state index contributed by atoms with van der Waals surface area (Å²) in [5.74, 6) is 0. The molecule has 176 valence electrons. The van der Waals surface area contributed by atoms with Crippen molar-refractivity contribution in [1.82, 2.24) is 9.72 Å². The Labute approximate surface area is 189 Å². The van der Waals surface area contributed by atoms with Crippen LogP contribution in [-0.2, 0) is 18.3 Å². The van der Waals surface area contributed by atoms with E-state index < -0.39 is 0 Å². The number of carbonyl (C=O) groups is 1. The smallest absolute Gasteiger partial charge is 0.367 e. The Morgan fingerprint density at radius 1 is 1.25 bits per heavy atom. The molecule has 0 saturated carbocycles.